The van der Waals surface area contributed by atoms with Crippen LogP contribution in [0.4, 0.5) is 5.69 Å². The predicted molar refractivity (Wildman–Crippen MR) is 61.7 cm³/mol. The minimum atomic E-state index is 0.991. The van der Waals surface area contributed by atoms with Gasteiger partial charge in [-0.1, -0.05) is 30.4 Å². The largest absolute Gasteiger partial charge is 0.284 e. The summed E-state index contributed by atoms with van der Waals surface area (Å²) in [6, 6.07) is 9.87. The predicted octanol–water partition coefficient (Wildman–Crippen LogP) is 2.85. The smallest absolute Gasteiger partial charge is 0.0571 e. The van der Waals surface area contributed by atoms with Gasteiger partial charge in [-0.2, -0.15) is 0 Å². The van der Waals surface area contributed by atoms with Gasteiger partial charge in [-0.15, -0.1) is 0 Å². The fourth-order valence-corrected chi connectivity index (χ4v) is 1.11. The molecule has 0 radical (unpaired) electrons. The van der Waals surface area contributed by atoms with Crippen molar-refractivity contribution in [1.82, 2.24) is 0 Å². The van der Waals surface area contributed by atoms with E-state index in [1.807, 2.05) is 62.4 Å². The van der Waals surface area contributed by atoms with E-state index in [1.54, 1.807) is 5.01 Å². The quantitative estimate of drug-likeness (QED) is 0.449. The fourth-order valence-electron chi connectivity index (χ4n) is 1.11. The number of hydrogen-bond acceptors (Lipinski definition) is 2. The van der Waals surface area contributed by atoms with E-state index in [0.717, 1.165) is 11.4 Å². The van der Waals surface area contributed by atoms with E-state index in [1.165, 1.54) is 0 Å². The first-order chi connectivity index (χ1) is 6.75. The number of hydrogen-bond donors (Lipinski definition) is 1. The third-order valence-corrected chi connectivity index (χ3v) is 1.94. The molecule has 0 aliphatic heterocycles. The molecule has 0 saturated carbocycles. The van der Waals surface area contributed by atoms with Gasteiger partial charge in [0.15, 0.2) is 0 Å². The van der Waals surface area contributed by atoms with E-state index in [4.69, 9.17) is 5.84 Å². The molecule has 1 aromatic rings. The van der Waals surface area contributed by atoms with Crippen molar-refractivity contribution < 1.29 is 0 Å². The SMILES string of the molecule is C/C=C\C=C(/C)N(N)c1ccccc1. The van der Waals surface area contributed by atoms with E-state index < -0.39 is 0 Å². The second kappa shape index (κ2) is 5.25. The average molecular weight is 188 g/mol. The maximum absolute atomic E-state index is 5.91. The minimum Gasteiger partial charge on any atom is -0.284 e. The molecule has 0 aliphatic carbocycles. The Hall–Kier alpha value is -1.54. The third kappa shape index (κ3) is 2.75. The highest BCUT2D eigenvalue weighted by Gasteiger charge is 2.00. The van der Waals surface area contributed by atoms with Gasteiger partial charge < -0.3 is 0 Å². The maximum atomic E-state index is 5.91. The zero-order valence-electron chi connectivity index (χ0n) is 8.64. The lowest BCUT2D eigenvalue weighted by Gasteiger charge is -2.18. The highest BCUT2D eigenvalue weighted by atomic mass is 15.4. The fraction of sp³-hybridized carbons (Fsp3) is 0.167. The van der Waals surface area contributed by atoms with E-state index in [2.05, 4.69) is 0 Å². The molecule has 1 aromatic carbocycles. The number of nitrogens with two attached hydrogens (primary N) is 1. The Balaban J connectivity index is 2.80. The number of benzene rings is 1. The van der Waals surface area contributed by atoms with E-state index in [-0.39, 0.29) is 0 Å². The Bertz CT molecular complexity index is 325. The first-order valence-electron chi connectivity index (χ1n) is 4.65. The van der Waals surface area contributed by atoms with Crippen LogP contribution in [0.5, 0.6) is 0 Å². The first-order valence-corrected chi connectivity index (χ1v) is 4.65. The van der Waals surface area contributed by atoms with E-state index in [0.29, 0.717) is 0 Å². The average Bonchev–Trinajstić information content (AvgIpc) is 2.26. The number of anilines is 1. The van der Waals surface area contributed by atoms with Gasteiger partial charge in [0.05, 0.1) is 5.69 Å². The monoisotopic (exact) mass is 188 g/mol. The minimum absolute atomic E-state index is 0.991. The molecule has 0 unspecified atom stereocenters. The lowest BCUT2D eigenvalue weighted by Crippen LogP contribution is -2.28. The molecule has 2 nitrogen and oxygen atoms in total. The summed E-state index contributed by atoms with van der Waals surface area (Å²) < 4.78 is 0. The third-order valence-electron chi connectivity index (χ3n) is 1.94. The van der Waals surface area contributed by atoms with Gasteiger partial charge in [0.2, 0.25) is 0 Å². The van der Waals surface area contributed by atoms with Crippen molar-refractivity contribution in [3.8, 4) is 0 Å². The van der Waals surface area contributed by atoms with Crippen LogP contribution in [0, 0.1) is 0 Å². The molecule has 2 N–H and O–H groups in total. The van der Waals surface area contributed by atoms with Crippen LogP contribution in [-0.4, -0.2) is 0 Å². The molecule has 1 rings (SSSR count). The normalized spacial score (nSPS) is 12.1. The standard InChI is InChI=1S/C12H16N2/c1-3-4-8-11(2)14(13)12-9-6-5-7-10-12/h3-10H,13H2,1-2H3/b4-3-,11-8+. The molecule has 0 spiro atoms. The van der Waals surface area contributed by atoms with Gasteiger partial charge >= 0.3 is 0 Å². The van der Waals surface area contributed by atoms with E-state index >= 15 is 0 Å². The Morgan fingerprint density at radius 1 is 1.29 bits per heavy atom. The summed E-state index contributed by atoms with van der Waals surface area (Å²) in [5.41, 5.74) is 2.00. The van der Waals surface area contributed by atoms with Crippen molar-refractivity contribution in [2.24, 2.45) is 5.84 Å². The van der Waals surface area contributed by atoms with Gasteiger partial charge in [-0.05, 0) is 32.1 Å². The number of rotatable bonds is 3. The van der Waals surface area contributed by atoms with Crippen LogP contribution in [0.2, 0.25) is 0 Å². The Kier molecular flexibility index (Phi) is 3.95. The lowest BCUT2D eigenvalue weighted by atomic mass is 10.3. The number of hydrazine groups is 1. The van der Waals surface area contributed by atoms with Crippen LogP contribution < -0.4 is 10.9 Å². The molecule has 0 atom stereocenters. The molecule has 0 saturated heterocycles. The van der Waals surface area contributed by atoms with Crippen molar-refractivity contribution in [2.75, 3.05) is 5.01 Å². The lowest BCUT2D eigenvalue weighted by molar-refractivity contribution is 0.995. The summed E-state index contributed by atoms with van der Waals surface area (Å²) in [6.07, 6.45) is 5.92. The molecule has 0 heterocycles. The zero-order chi connectivity index (χ0) is 10.4. The van der Waals surface area contributed by atoms with Crippen molar-refractivity contribution in [2.45, 2.75) is 13.8 Å². The van der Waals surface area contributed by atoms with Gasteiger partial charge in [-0.25, -0.2) is 5.84 Å². The van der Waals surface area contributed by atoms with Crippen LogP contribution in [0.1, 0.15) is 13.8 Å². The molecule has 0 aliphatic rings. The molecule has 14 heavy (non-hydrogen) atoms. The van der Waals surface area contributed by atoms with Crippen LogP contribution >= 0.6 is 0 Å². The maximum Gasteiger partial charge on any atom is 0.0571 e. The summed E-state index contributed by atoms with van der Waals surface area (Å²) in [6.45, 7) is 3.96. The Labute approximate surface area is 85.3 Å². The molecule has 0 bridgehead atoms. The van der Waals surface area contributed by atoms with Gasteiger partial charge in [-0.3, -0.25) is 5.01 Å². The van der Waals surface area contributed by atoms with Crippen LogP contribution in [0.25, 0.3) is 0 Å². The Morgan fingerprint density at radius 2 is 1.93 bits per heavy atom. The van der Waals surface area contributed by atoms with Gasteiger partial charge in [0, 0.05) is 5.70 Å². The number of allylic oxidation sites excluding steroid dienone is 4. The molecular weight excluding hydrogens is 172 g/mol. The van der Waals surface area contributed by atoms with Crippen LogP contribution in [0.3, 0.4) is 0 Å². The van der Waals surface area contributed by atoms with E-state index in [9.17, 15) is 0 Å². The van der Waals surface area contributed by atoms with Crippen molar-refractivity contribution in [3.05, 3.63) is 54.3 Å². The number of para-hydroxylation sites is 1. The van der Waals surface area contributed by atoms with Crippen molar-refractivity contribution >= 4 is 5.69 Å². The molecule has 0 aromatic heterocycles. The molecule has 0 fully saturated rings. The summed E-state index contributed by atoms with van der Waals surface area (Å²) >= 11 is 0. The molecule has 2 heteroatoms. The van der Waals surface area contributed by atoms with Crippen LogP contribution in [-0.2, 0) is 0 Å². The van der Waals surface area contributed by atoms with Crippen LogP contribution in [0.15, 0.2) is 54.3 Å². The topological polar surface area (TPSA) is 29.3 Å². The van der Waals surface area contributed by atoms with Gasteiger partial charge in [0.25, 0.3) is 0 Å². The second-order valence-electron chi connectivity index (χ2n) is 3.04. The Morgan fingerprint density at radius 3 is 2.50 bits per heavy atom. The first kappa shape index (κ1) is 10.5. The molecule has 0 amide bonds. The summed E-state index contributed by atoms with van der Waals surface area (Å²) in [5.74, 6) is 5.91. The summed E-state index contributed by atoms with van der Waals surface area (Å²) in [5, 5.41) is 1.67. The highest BCUT2D eigenvalue weighted by Crippen LogP contribution is 2.13. The van der Waals surface area contributed by atoms with Crippen molar-refractivity contribution in [3.63, 3.8) is 0 Å². The molecular formula is C12H16N2. The highest BCUT2D eigenvalue weighted by molar-refractivity contribution is 5.49. The summed E-state index contributed by atoms with van der Waals surface area (Å²) in [4.78, 5) is 0. The summed E-state index contributed by atoms with van der Waals surface area (Å²) in [7, 11) is 0. The van der Waals surface area contributed by atoms with Crippen molar-refractivity contribution in [1.29, 1.82) is 0 Å². The number of nitrogens with zero attached hydrogens (tertiary/aromatic N) is 1. The second-order valence-corrected chi connectivity index (χ2v) is 3.04. The zero-order valence-corrected chi connectivity index (χ0v) is 8.64. The molecule has 74 valence electrons. The van der Waals surface area contributed by atoms with Gasteiger partial charge in [0.1, 0.15) is 0 Å².